The molecule has 2 N–H and O–H groups in total. The molecule has 1 rings (SSSR count). The molecule has 3 nitrogen and oxygen atoms in total. The number of nitrogens with zero attached hydrogens (tertiary/aromatic N) is 1. The van der Waals surface area contributed by atoms with Crippen molar-refractivity contribution in [2.75, 3.05) is 6.61 Å². The zero-order valence-corrected chi connectivity index (χ0v) is 8.96. The number of ether oxygens (including phenoxy) is 1. The van der Waals surface area contributed by atoms with E-state index >= 15 is 0 Å². The van der Waals surface area contributed by atoms with Crippen LogP contribution in [0.15, 0.2) is 0 Å². The monoisotopic (exact) mass is 196 g/mol. The van der Waals surface area contributed by atoms with Gasteiger partial charge in [-0.05, 0) is 32.6 Å². The molecular weight excluding hydrogens is 176 g/mol. The van der Waals surface area contributed by atoms with Crippen molar-refractivity contribution in [3.63, 3.8) is 0 Å². The normalized spacial score (nSPS) is 21.8. The second-order valence-electron chi connectivity index (χ2n) is 4.41. The number of nitrogens with two attached hydrogens (primary N) is 1. The first kappa shape index (κ1) is 11.5. The summed E-state index contributed by atoms with van der Waals surface area (Å²) in [6.45, 7) is 2.52. The largest absolute Gasteiger partial charge is 0.378 e. The van der Waals surface area contributed by atoms with Crippen LogP contribution in [0.3, 0.4) is 0 Å². The lowest BCUT2D eigenvalue weighted by Gasteiger charge is -2.16. The third-order valence-corrected chi connectivity index (χ3v) is 2.75. The highest BCUT2D eigenvalue weighted by molar-refractivity contribution is 5.00. The zero-order valence-electron chi connectivity index (χ0n) is 8.96. The molecule has 0 heterocycles. The number of rotatable bonds is 5. The third kappa shape index (κ3) is 4.08. The van der Waals surface area contributed by atoms with Crippen LogP contribution in [0.2, 0.25) is 0 Å². The van der Waals surface area contributed by atoms with E-state index in [1.807, 2.05) is 0 Å². The molecule has 0 radical (unpaired) electrons. The summed E-state index contributed by atoms with van der Waals surface area (Å²) < 4.78 is 5.68. The van der Waals surface area contributed by atoms with Crippen LogP contribution in [0.5, 0.6) is 0 Å². The SMILES string of the molecule is CC(N)(C#N)CCCOC1CCCC1. The Bertz CT molecular complexity index is 202. The first-order chi connectivity index (χ1) is 6.64. The van der Waals surface area contributed by atoms with Crippen LogP contribution in [-0.2, 0) is 4.74 Å². The molecule has 1 atom stereocenters. The van der Waals surface area contributed by atoms with E-state index in [4.69, 9.17) is 15.7 Å². The van der Waals surface area contributed by atoms with Crippen molar-refractivity contribution in [2.24, 2.45) is 5.73 Å². The van der Waals surface area contributed by atoms with Crippen molar-refractivity contribution < 1.29 is 4.74 Å². The van der Waals surface area contributed by atoms with Gasteiger partial charge in [-0.2, -0.15) is 5.26 Å². The maximum absolute atomic E-state index is 8.69. The van der Waals surface area contributed by atoms with Crippen molar-refractivity contribution in [1.29, 1.82) is 5.26 Å². The maximum atomic E-state index is 8.69. The molecule has 0 aromatic rings. The maximum Gasteiger partial charge on any atom is 0.101 e. The molecule has 1 saturated carbocycles. The van der Waals surface area contributed by atoms with Gasteiger partial charge in [-0.3, -0.25) is 0 Å². The molecule has 1 unspecified atom stereocenters. The number of nitriles is 1. The van der Waals surface area contributed by atoms with E-state index in [0.717, 1.165) is 19.4 Å². The molecule has 0 bridgehead atoms. The molecular formula is C11H20N2O. The van der Waals surface area contributed by atoms with Gasteiger partial charge in [0.2, 0.25) is 0 Å². The van der Waals surface area contributed by atoms with Crippen LogP contribution >= 0.6 is 0 Å². The van der Waals surface area contributed by atoms with Gasteiger partial charge < -0.3 is 10.5 Å². The standard InChI is InChI=1S/C11H20N2O/c1-11(13,9-12)7-4-8-14-10-5-2-3-6-10/h10H,2-8,13H2,1H3. The van der Waals surface area contributed by atoms with Crippen LogP contribution in [0, 0.1) is 11.3 Å². The molecule has 80 valence electrons. The first-order valence-corrected chi connectivity index (χ1v) is 5.46. The zero-order chi connectivity index (χ0) is 10.4. The van der Waals surface area contributed by atoms with Crippen LogP contribution in [0.25, 0.3) is 0 Å². The summed E-state index contributed by atoms with van der Waals surface area (Å²) in [5.41, 5.74) is 5.01. The van der Waals surface area contributed by atoms with E-state index in [1.165, 1.54) is 25.7 Å². The van der Waals surface area contributed by atoms with Crippen LogP contribution in [0.4, 0.5) is 0 Å². The lowest BCUT2D eigenvalue weighted by Crippen LogP contribution is -2.34. The van der Waals surface area contributed by atoms with Crippen molar-refractivity contribution in [3.8, 4) is 6.07 Å². The molecule has 3 heteroatoms. The summed E-state index contributed by atoms with van der Waals surface area (Å²) in [7, 11) is 0. The minimum atomic E-state index is -0.682. The number of hydrogen-bond donors (Lipinski definition) is 1. The molecule has 0 spiro atoms. The van der Waals surface area contributed by atoms with E-state index in [0.29, 0.717) is 6.10 Å². The topological polar surface area (TPSA) is 59.0 Å². The van der Waals surface area contributed by atoms with Gasteiger partial charge in [0.1, 0.15) is 5.54 Å². The Balaban J connectivity index is 2.02. The van der Waals surface area contributed by atoms with Gasteiger partial charge in [0.25, 0.3) is 0 Å². The van der Waals surface area contributed by atoms with E-state index < -0.39 is 5.54 Å². The molecule has 1 fully saturated rings. The van der Waals surface area contributed by atoms with Crippen molar-refractivity contribution in [1.82, 2.24) is 0 Å². The minimum absolute atomic E-state index is 0.473. The molecule has 0 aliphatic heterocycles. The quantitative estimate of drug-likeness (QED) is 0.684. The molecule has 14 heavy (non-hydrogen) atoms. The summed E-state index contributed by atoms with van der Waals surface area (Å²) in [5, 5.41) is 8.69. The molecule has 1 aliphatic rings. The molecule has 0 aromatic heterocycles. The van der Waals surface area contributed by atoms with Crippen molar-refractivity contribution in [3.05, 3.63) is 0 Å². The van der Waals surface area contributed by atoms with Gasteiger partial charge >= 0.3 is 0 Å². The predicted molar refractivity (Wildman–Crippen MR) is 55.6 cm³/mol. The van der Waals surface area contributed by atoms with Crippen LogP contribution < -0.4 is 5.73 Å². The van der Waals surface area contributed by atoms with Crippen molar-refractivity contribution >= 4 is 0 Å². The second kappa shape index (κ2) is 5.33. The fraction of sp³-hybridized carbons (Fsp3) is 0.909. The van der Waals surface area contributed by atoms with Gasteiger partial charge in [0, 0.05) is 6.61 Å². The fourth-order valence-electron chi connectivity index (χ4n) is 1.80. The predicted octanol–water partition coefficient (Wildman–Crippen LogP) is 1.97. The van der Waals surface area contributed by atoms with Crippen molar-refractivity contribution in [2.45, 2.75) is 57.1 Å². The van der Waals surface area contributed by atoms with Gasteiger partial charge in [0.05, 0.1) is 12.2 Å². The van der Waals surface area contributed by atoms with E-state index in [-0.39, 0.29) is 0 Å². The highest BCUT2D eigenvalue weighted by Crippen LogP contribution is 2.21. The van der Waals surface area contributed by atoms with Crippen LogP contribution in [0.1, 0.15) is 45.4 Å². The van der Waals surface area contributed by atoms with Gasteiger partial charge in [-0.25, -0.2) is 0 Å². The third-order valence-electron chi connectivity index (χ3n) is 2.75. The van der Waals surface area contributed by atoms with Gasteiger partial charge in [-0.15, -0.1) is 0 Å². The Morgan fingerprint density at radius 2 is 2.14 bits per heavy atom. The Morgan fingerprint density at radius 3 is 2.71 bits per heavy atom. The summed E-state index contributed by atoms with van der Waals surface area (Å²) in [6.07, 6.45) is 7.10. The molecule has 1 aliphatic carbocycles. The summed E-state index contributed by atoms with van der Waals surface area (Å²) in [5.74, 6) is 0. The van der Waals surface area contributed by atoms with E-state index in [9.17, 15) is 0 Å². The van der Waals surface area contributed by atoms with Crippen LogP contribution in [-0.4, -0.2) is 18.2 Å². The van der Waals surface area contributed by atoms with E-state index in [2.05, 4.69) is 6.07 Å². The minimum Gasteiger partial charge on any atom is -0.378 e. The van der Waals surface area contributed by atoms with E-state index in [1.54, 1.807) is 6.92 Å². The second-order valence-corrected chi connectivity index (χ2v) is 4.41. The molecule has 0 amide bonds. The first-order valence-electron chi connectivity index (χ1n) is 5.46. The van der Waals surface area contributed by atoms with Gasteiger partial charge in [0.15, 0.2) is 0 Å². The molecule has 0 saturated heterocycles. The average molecular weight is 196 g/mol. The average Bonchev–Trinajstić information content (AvgIpc) is 2.65. The molecule has 0 aromatic carbocycles. The Hall–Kier alpha value is -0.590. The summed E-state index contributed by atoms with van der Waals surface area (Å²) in [4.78, 5) is 0. The Kier molecular flexibility index (Phi) is 4.37. The fourth-order valence-corrected chi connectivity index (χ4v) is 1.80. The lowest BCUT2D eigenvalue weighted by molar-refractivity contribution is 0.0544. The highest BCUT2D eigenvalue weighted by atomic mass is 16.5. The highest BCUT2D eigenvalue weighted by Gasteiger charge is 2.18. The lowest BCUT2D eigenvalue weighted by atomic mass is 10.00. The Morgan fingerprint density at radius 1 is 1.50 bits per heavy atom. The summed E-state index contributed by atoms with van der Waals surface area (Å²) >= 11 is 0. The number of hydrogen-bond acceptors (Lipinski definition) is 3. The van der Waals surface area contributed by atoms with Gasteiger partial charge in [-0.1, -0.05) is 12.8 Å². The summed E-state index contributed by atoms with van der Waals surface area (Å²) in [6, 6.07) is 2.09. The Labute approximate surface area is 86.2 Å². The smallest absolute Gasteiger partial charge is 0.101 e.